The smallest absolute Gasteiger partial charge is 0.277 e. The van der Waals surface area contributed by atoms with Crippen molar-refractivity contribution >= 4 is 12.1 Å². The van der Waals surface area contributed by atoms with E-state index in [1.807, 2.05) is 6.07 Å². The van der Waals surface area contributed by atoms with Gasteiger partial charge in [-0.25, -0.2) is 5.43 Å². The van der Waals surface area contributed by atoms with Crippen molar-refractivity contribution in [2.45, 2.75) is 0 Å². The summed E-state index contributed by atoms with van der Waals surface area (Å²) in [6.45, 7) is -0.182. The molecule has 6 nitrogen and oxygen atoms in total. The number of nitrogens with zero attached hydrogens (tertiary/aromatic N) is 2. The molecule has 0 radical (unpaired) electrons. The number of hydrogen-bond donors (Lipinski definition) is 2. The minimum absolute atomic E-state index is 0.164. The summed E-state index contributed by atoms with van der Waals surface area (Å²) in [4.78, 5) is 11.5. The molecule has 2 aromatic rings. The SMILES string of the molecule is N#Cc1ccc(OCC(=O)N/N=C/c2ccc(O)cc2)cc1. The Kier molecular flexibility index (Phi) is 5.10. The average Bonchev–Trinajstić information content (AvgIpc) is 2.55. The lowest BCUT2D eigenvalue weighted by atomic mass is 10.2. The van der Waals surface area contributed by atoms with E-state index in [1.165, 1.54) is 18.3 Å². The molecule has 6 heteroatoms. The molecule has 0 spiro atoms. The van der Waals surface area contributed by atoms with Crippen LogP contribution in [0.15, 0.2) is 53.6 Å². The molecule has 0 aromatic heterocycles. The molecular formula is C16H13N3O3. The van der Waals surface area contributed by atoms with Gasteiger partial charge in [0.2, 0.25) is 0 Å². The first-order valence-electron chi connectivity index (χ1n) is 6.41. The lowest BCUT2D eigenvalue weighted by Crippen LogP contribution is -2.24. The first-order chi connectivity index (χ1) is 10.7. The van der Waals surface area contributed by atoms with Crippen LogP contribution in [0.4, 0.5) is 0 Å². The van der Waals surface area contributed by atoms with Gasteiger partial charge < -0.3 is 9.84 Å². The van der Waals surface area contributed by atoms with Crippen molar-refractivity contribution in [1.29, 1.82) is 5.26 Å². The third-order valence-corrected chi connectivity index (χ3v) is 2.65. The zero-order chi connectivity index (χ0) is 15.8. The van der Waals surface area contributed by atoms with Gasteiger partial charge in [0, 0.05) is 0 Å². The van der Waals surface area contributed by atoms with Gasteiger partial charge in [-0.1, -0.05) is 0 Å². The molecule has 0 heterocycles. The van der Waals surface area contributed by atoms with Crippen LogP contribution in [0.1, 0.15) is 11.1 Å². The fourth-order valence-electron chi connectivity index (χ4n) is 1.55. The number of hydrazone groups is 1. The van der Waals surface area contributed by atoms with Gasteiger partial charge >= 0.3 is 0 Å². The quantitative estimate of drug-likeness (QED) is 0.649. The molecule has 2 N–H and O–H groups in total. The number of nitriles is 1. The molecule has 0 unspecified atom stereocenters. The Balaban J connectivity index is 1.78. The summed E-state index contributed by atoms with van der Waals surface area (Å²) < 4.78 is 5.26. The molecule has 0 aliphatic rings. The second-order valence-corrected chi connectivity index (χ2v) is 4.31. The molecule has 0 saturated carbocycles. The third-order valence-electron chi connectivity index (χ3n) is 2.65. The van der Waals surface area contributed by atoms with Gasteiger partial charge in [0.1, 0.15) is 11.5 Å². The number of nitrogens with one attached hydrogen (secondary N) is 1. The van der Waals surface area contributed by atoms with Crippen LogP contribution >= 0.6 is 0 Å². The van der Waals surface area contributed by atoms with E-state index in [0.29, 0.717) is 11.3 Å². The standard InChI is InChI=1S/C16H13N3O3/c17-9-12-3-7-15(8-4-12)22-11-16(21)19-18-10-13-1-5-14(20)6-2-13/h1-8,10,20H,11H2,(H,19,21)/b18-10+. The first-order valence-corrected chi connectivity index (χ1v) is 6.41. The summed E-state index contributed by atoms with van der Waals surface area (Å²) in [5.74, 6) is 0.257. The number of benzene rings is 2. The van der Waals surface area contributed by atoms with E-state index < -0.39 is 5.91 Å². The van der Waals surface area contributed by atoms with Crippen molar-refractivity contribution in [1.82, 2.24) is 5.43 Å². The predicted octanol–water partition coefficient (Wildman–Crippen LogP) is 1.79. The summed E-state index contributed by atoms with van der Waals surface area (Å²) in [7, 11) is 0. The molecule has 0 saturated heterocycles. The van der Waals surface area contributed by atoms with Crippen molar-refractivity contribution in [2.75, 3.05) is 6.61 Å². The van der Waals surface area contributed by atoms with Crippen molar-refractivity contribution in [3.8, 4) is 17.6 Å². The fraction of sp³-hybridized carbons (Fsp3) is 0.0625. The molecule has 2 aromatic carbocycles. The Morgan fingerprint density at radius 1 is 1.23 bits per heavy atom. The number of carbonyl (C=O) groups is 1. The Morgan fingerprint density at radius 3 is 2.55 bits per heavy atom. The van der Waals surface area contributed by atoms with Crippen LogP contribution in [0.25, 0.3) is 0 Å². The molecule has 0 bridgehead atoms. The number of ether oxygens (including phenoxy) is 1. The monoisotopic (exact) mass is 295 g/mol. The van der Waals surface area contributed by atoms with Gasteiger partial charge in [-0.05, 0) is 54.1 Å². The zero-order valence-corrected chi connectivity index (χ0v) is 11.6. The Labute approximate surface area is 127 Å². The van der Waals surface area contributed by atoms with Crippen molar-refractivity contribution in [2.24, 2.45) is 5.10 Å². The van der Waals surface area contributed by atoms with E-state index in [2.05, 4.69) is 10.5 Å². The fourth-order valence-corrected chi connectivity index (χ4v) is 1.55. The maximum Gasteiger partial charge on any atom is 0.277 e. The second-order valence-electron chi connectivity index (χ2n) is 4.31. The number of phenols is 1. The summed E-state index contributed by atoms with van der Waals surface area (Å²) in [6.07, 6.45) is 1.46. The maximum atomic E-state index is 11.5. The lowest BCUT2D eigenvalue weighted by Gasteiger charge is -2.04. The average molecular weight is 295 g/mol. The summed E-state index contributed by atoms with van der Waals surface area (Å²) in [6, 6.07) is 14.8. The molecule has 22 heavy (non-hydrogen) atoms. The highest BCUT2D eigenvalue weighted by Gasteiger charge is 2.01. The Morgan fingerprint density at radius 2 is 1.91 bits per heavy atom. The number of aromatic hydroxyl groups is 1. The minimum atomic E-state index is -0.403. The topological polar surface area (TPSA) is 94.7 Å². The van der Waals surface area contributed by atoms with Gasteiger partial charge in [0.25, 0.3) is 5.91 Å². The van der Waals surface area contributed by atoms with E-state index >= 15 is 0 Å². The second kappa shape index (κ2) is 7.45. The van der Waals surface area contributed by atoms with Crippen molar-refractivity contribution in [3.05, 3.63) is 59.7 Å². The lowest BCUT2D eigenvalue weighted by molar-refractivity contribution is -0.123. The van der Waals surface area contributed by atoms with Gasteiger partial charge in [-0.2, -0.15) is 10.4 Å². The van der Waals surface area contributed by atoms with Crippen LogP contribution in [0.2, 0.25) is 0 Å². The van der Waals surface area contributed by atoms with E-state index in [-0.39, 0.29) is 12.4 Å². The molecular weight excluding hydrogens is 282 g/mol. The summed E-state index contributed by atoms with van der Waals surface area (Å²) in [5, 5.41) is 21.6. The first kappa shape index (κ1) is 15.1. The Hall–Kier alpha value is -3.33. The normalized spacial score (nSPS) is 10.1. The highest BCUT2D eigenvalue weighted by atomic mass is 16.5. The predicted molar refractivity (Wildman–Crippen MR) is 80.5 cm³/mol. The molecule has 2 rings (SSSR count). The third kappa shape index (κ3) is 4.65. The van der Waals surface area contributed by atoms with E-state index in [9.17, 15) is 4.79 Å². The number of carbonyl (C=O) groups excluding carboxylic acids is 1. The zero-order valence-electron chi connectivity index (χ0n) is 11.6. The molecule has 0 aliphatic carbocycles. The number of hydrogen-bond acceptors (Lipinski definition) is 5. The largest absolute Gasteiger partial charge is 0.508 e. The number of rotatable bonds is 5. The Bertz CT molecular complexity index is 701. The van der Waals surface area contributed by atoms with Gasteiger partial charge in [-0.3, -0.25) is 4.79 Å². The van der Waals surface area contributed by atoms with Crippen LogP contribution in [-0.4, -0.2) is 23.8 Å². The highest BCUT2D eigenvalue weighted by molar-refractivity contribution is 5.83. The minimum Gasteiger partial charge on any atom is -0.508 e. The van der Waals surface area contributed by atoms with E-state index in [0.717, 1.165) is 5.56 Å². The van der Waals surface area contributed by atoms with Crippen molar-refractivity contribution < 1.29 is 14.6 Å². The van der Waals surface area contributed by atoms with E-state index in [1.54, 1.807) is 36.4 Å². The molecule has 1 amide bonds. The van der Waals surface area contributed by atoms with Crippen molar-refractivity contribution in [3.63, 3.8) is 0 Å². The van der Waals surface area contributed by atoms with Crippen LogP contribution in [0.3, 0.4) is 0 Å². The van der Waals surface area contributed by atoms with Gasteiger partial charge in [-0.15, -0.1) is 0 Å². The van der Waals surface area contributed by atoms with Crippen LogP contribution in [0.5, 0.6) is 11.5 Å². The summed E-state index contributed by atoms with van der Waals surface area (Å²) in [5.41, 5.74) is 3.59. The molecule has 0 fully saturated rings. The number of phenolic OH excluding ortho intramolecular Hbond substituents is 1. The van der Waals surface area contributed by atoms with Crippen LogP contribution in [-0.2, 0) is 4.79 Å². The maximum absolute atomic E-state index is 11.5. The molecule has 0 aliphatic heterocycles. The van der Waals surface area contributed by atoms with Gasteiger partial charge in [0.05, 0.1) is 17.8 Å². The highest BCUT2D eigenvalue weighted by Crippen LogP contribution is 2.11. The molecule has 110 valence electrons. The molecule has 0 atom stereocenters. The van der Waals surface area contributed by atoms with Gasteiger partial charge in [0.15, 0.2) is 6.61 Å². The van der Waals surface area contributed by atoms with E-state index in [4.69, 9.17) is 15.1 Å². The van der Waals surface area contributed by atoms with Crippen LogP contribution < -0.4 is 10.2 Å². The van der Waals surface area contributed by atoms with Crippen LogP contribution in [0, 0.1) is 11.3 Å². The summed E-state index contributed by atoms with van der Waals surface area (Å²) >= 11 is 0. The number of amides is 1.